The number of phenolic OH excluding ortho intramolecular Hbond substituents is 1. The van der Waals surface area contributed by atoms with Crippen LogP contribution in [0.5, 0.6) is 11.5 Å². The van der Waals surface area contributed by atoms with Crippen LogP contribution in [0.1, 0.15) is 34.4 Å². The molecule has 260 valence electrons. The SMILES string of the molecule is CCc1c(N2CCN(C(=O)c3ncnc(C)c3O)CC2)c(=O)n2nc(-c3ccc(O)cc3)nc2n1CC(=O)Nc1ccc(C(F)(F)F)cc1Cl. The molecule has 2 amide bonds. The molecule has 6 rings (SSSR count). The Morgan fingerprint density at radius 3 is 2.36 bits per heavy atom. The fourth-order valence-electron chi connectivity index (χ4n) is 5.69. The van der Waals surface area contributed by atoms with E-state index in [1.165, 1.54) is 27.9 Å². The molecule has 1 aliphatic rings. The lowest BCUT2D eigenvalue weighted by molar-refractivity contribution is -0.137. The predicted octanol–water partition coefficient (Wildman–Crippen LogP) is 3.90. The Morgan fingerprint density at radius 1 is 1.02 bits per heavy atom. The van der Waals surface area contributed by atoms with Crippen LogP contribution in [0.3, 0.4) is 0 Å². The average Bonchev–Trinajstić information content (AvgIpc) is 3.54. The van der Waals surface area contributed by atoms with Crippen LogP contribution in [0.4, 0.5) is 24.5 Å². The summed E-state index contributed by atoms with van der Waals surface area (Å²) in [7, 11) is 0. The molecule has 2 aromatic carbocycles. The van der Waals surface area contributed by atoms with Crippen molar-refractivity contribution in [2.75, 3.05) is 36.4 Å². The maximum atomic E-state index is 14.1. The largest absolute Gasteiger partial charge is 0.508 e. The molecule has 50 heavy (non-hydrogen) atoms. The number of hydrogen-bond donors (Lipinski definition) is 3. The first-order valence-corrected chi connectivity index (χ1v) is 15.7. The number of piperazine rings is 1. The number of carbonyl (C=O) groups is 2. The average molecular weight is 712 g/mol. The fraction of sp³-hybridized carbons (Fsp3) is 0.281. The van der Waals surface area contributed by atoms with Crippen molar-refractivity contribution in [1.82, 2.24) is 34.0 Å². The van der Waals surface area contributed by atoms with Crippen LogP contribution in [-0.4, -0.2) is 82.2 Å². The highest BCUT2D eigenvalue weighted by Crippen LogP contribution is 2.34. The van der Waals surface area contributed by atoms with Crippen molar-refractivity contribution in [3.05, 3.63) is 86.8 Å². The molecule has 4 heterocycles. The minimum absolute atomic E-state index is 0.00827. The molecule has 0 radical (unpaired) electrons. The van der Waals surface area contributed by atoms with Crippen LogP contribution in [0.25, 0.3) is 17.2 Å². The summed E-state index contributed by atoms with van der Waals surface area (Å²) in [6, 6.07) is 8.56. The normalized spacial score (nSPS) is 13.6. The number of rotatable bonds is 7. The van der Waals surface area contributed by atoms with Gasteiger partial charge in [0.15, 0.2) is 17.3 Å². The summed E-state index contributed by atoms with van der Waals surface area (Å²) in [6.07, 6.45) is -3.18. The number of halogens is 4. The Bertz CT molecular complexity index is 2180. The highest BCUT2D eigenvalue weighted by Gasteiger charge is 2.32. The number of nitrogens with one attached hydrogen (secondary N) is 1. The third-order valence-electron chi connectivity index (χ3n) is 8.25. The maximum Gasteiger partial charge on any atom is 0.416 e. The number of hydrogen-bond acceptors (Lipinski definition) is 10. The number of anilines is 2. The highest BCUT2D eigenvalue weighted by atomic mass is 35.5. The van der Waals surface area contributed by atoms with Gasteiger partial charge in [0, 0.05) is 31.7 Å². The van der Waals surface area contributed by atoms with E-state index in [1.54, 1.807) is 30.9 Å². The zero-order valence-electron chi connectivity index (χ0n) is 26.6. The summed E-state index contributed by atoms with van der Waals surface area (Å²) in [5.41, 5.74) is -0.303. The van der Waals surface area contributed by atoms with Gasteiger partial charge in [0.1, 0.15) is 24.3 Å². The van der Waals surface area contributed by atoms with Gasteiger partial charge in [-0.05, 0) is 55.8 Å². The summed E-state index contributed by atoms with van der Waals surface area (Å²) in [5.74, 6) is -1.30. The lowest BCUT2D eigenvalue weighted by atomic mass is 10.2. The first-order chi connectivity index (χ1) is 23.8. The maximum absolute atomic E-state index is 14.1. The van der Waals surface area contributed by atoms with Crippen LogP contribution in [0, 0.1) is 6.92 Å². The molecule has 0 bridgehead atoms. The summed E-state index contributed by atoms with van der Waals surface area (Å²) in [5, 5.41) is 26.8. The van der Waals surface area contributed by atoms with Crippen molar-refractivity contribution < 1.29 is 33.0 Å². The molecule has 0 atom stereocenters. The number of alkyl halides is 3. The van der Waals surface area contributed by atoms with Crippen molar-refractivity contribution in [2.45, 2.75) is 33.0 Å². The van der Waals surface area contributed by atoms with E-state index in [9.17, 15) is 37.8 Å². The molecular weight excluding hydrogens is 683 g/mol. The molecule has 0 saturated carbocycles. The molecule has 0 unspecified atom stereocenters. The van der Waals surface area contributed by atoms with Crippen molar-refractivity contribution >= 4 is 40.6 Å². The molecule has 3 N–H and O–H groups in total. The van der Waals surface area contributed by atoms with E-state index in [-0.39, 0.29) is 83.5 Å². The molecule has 14 nitrogen and oxygen atoms in total. The Morgan fingerprint density at radius 2 is 1.72 bits per heavy atom. The molecule has 0 aliphatic carbocycles. The lowest BCUT2D eigenvalue weighted by Crippen LogP contribution is -2.51. The smallest absolute Gasteiger partial charge is 0.416 e. The standard InChI is InChI=1S/C32H29ClF3N9O5/c1-3-23-26(42-10-12-43(13-11-42)29(49)25-27(48)17(2)37-16-38-25)30(50)45-31(40-28(41-45)18-4-7-20(46)8-5-18)44(23)15-24(47)39-22-9-6-19(14-21(22)33)32(34,35)36/h4-9,14,16,46,48H,3,10-13,15H2,1-2H3,(H,39,47). The zero-order valence-corrected chi connectivity index (χ0v) is 27.3. The van der Waals surface area contributed by atoms with E-state index in [2.05, 4.69) is 25.4 Å². The summed E-state index contributed by atoms with van der Waals surface area (Å²) >= 11 is 6.09. The number of aryl methyl sites for hydroxylation is 1. The lowest BCUT2D eigenvalue weighted by Gasteiger charge is -2.36. The number of fused-ring (bicyclic) bond motifs is 1. The molecule has 1 fully saturated rings. The van der Waals surface area contributed by atoms with Gasteiger partial charge >= 0.3 is 6.18 Å². The predicted molar refractivity (Wildman–Crippen MR) is 175 cm³/mol. The molecule has 3 aromatic heterocycles. The first kappa shape index (κ1) is 34.2. The number of aromatic nitrogens is 6. The number of nitrogens with zero attached hydrogens (tertiary/aromatic N) is 8. The van der Waals surface area contributed by atoms with Gasteiger partial charge in [-0.25, -0.2) is 9.97 Å². The van der Waals surface area contributed by atoms with Crippen LogP contribution >= 0.6 is 11.6 Å². The number of carbonyl (C=O) groups excluding carboxylic acids is 2. The Labute approximate surface area is 286 Å². The Hall–Kier alpha value is -5.71. The van der Waals surface area contributed by atoms with E-state index in [0.29, 0.717) is 17.3 Å². The van der Waals surface area contributed by atoms with Gasteiger partial charge in [-0.15, -0.1) is 5.10 Å². The monoisotopic (exact) mass is 711 g/mol. The third kappa shape index (κ3) is 6.50. The zero-order chi connectivity index (χ0) is 35.9. The van der Waals surface area contributed by atoms with Crippen molar-refractivity contribution in [2.24, 2.45) is 0 Å². The second kappa shape index (κ2) is 13.3. The highest BCUT2D eigenvalue weighted by molar-refractivity contribution is 6.33. The molecule has 1 aliphatic heterocycles. The summed E-state index contributed by atoms with van der Waals surface area (Å²) in [6.45, 7) is 3.67. The summed E-state index contributed by atoms with van der Waals surface area (Å²) in [4.78, 5) is 56.5. The Kier molecular flexibility index (Phi) is 9.09. The quantitative estimate of drug-likeness (QED) is 0.225. The van der Waals surface area contributed by atoms with Crippen LogP contribution in [0.2, 0.25) is 5.02 Å². The van der Waals surface area contributed by atoms with Gasteiger partial charge in [0.05, 0.1) is 27.7 Å². The van der Waals surface area contributed by atoms with Crippen LogP contribution < -0.4 is 15.8 Å². The van der Waals surface area contributed by atoms with Gasteiger partial charge in [-0.3, -0.25) is 14.4 Å². The van der Waals surface area contributed by atoms with Crippen molar-refractivity contribution in [3.8, 4) is 22.9 Å². The number of benzene rings is 2. The van der Waals surface area contributed by atoms with E-state index in [4.69, 9.17) is 11.6 Å². The molecule has 1 saturated heterocycles. The molecule has 5 aromatic rings. The van der Waals surface area contributed by atoms with Gasteiger partial charge < -0.3 is 29.9 Å². The van der Waals surface area contributed by atoms with E-state index >= 15 is 0 Å². The first-order valence-electron chi connectivity index (χ1n) is 15.3. The molecule has 0 spiro atoms. The van der Waals surface area contributed by atoms with E-state index in [1.807, 2.05) is 0 Å². The van der Waals surface area contributed by atoms with Crippen molar-refractivity contribution in [3.63, 3.8) is 0 Å². The van der Waals surface area contributed by atoms with Crippen LogP contribution in [-0.2, 0) is 23.9 Å². The topological polar surface area (TPSA) is 171 Å². The van der Waals surface area contributed by atoms with E-state index < -0.39 is 35.7 Å². The second-order valence-corrected chi connectivity index (χ2v) is 11.8. The number of phenols is 1. The van der Waals surface area contributed by atoms with Gasteiger partial charge in [-0.2, -0.15) is 22.7 Å². The minimum Gasteiger partial charge on any atom is -0.508 e. The minimum atomic E-state index is -4.63. The molecule has 18 heteroatoms. The van der Waals surface area contributed by atoms with Gasteiger partial charge in [-0.1, -0.05) is 18.5 Å². The molecular formula is C32H29ClF3N9O5. The number of amides is 2. The van der Waals surface area contributed by atoms with Gasteiger partial charge in [0.25, 0.3) is 11.5 Å². The third-order valence-corrected chi connectivity index (χ3v) is 8.56. The second-order valence-electron chi connectivity index (χ2n) is 11.4. The van der Waals surface area contributed by atoms with Crippen molar-refractivity contribution in [1.29, 1.82) is 0 Å². The van der Waals surface area contributed by atoms with E-state index in [0.717, 1.165) is 16.6 Å². The van der Waals surface area contributed by atoms with Gasteiger partial charge in [0.2, 0.25) is 11.7 Å². The summed E-state index contributed by atoms with van der Waals surface area (Å²) < 4.78 is 42.1. The fourth-order valence-corrected chi connectivity index (χ4v) is 5.92. The van der Waals surface area contributed by atoms with Crippen LogP contribution in [0.15, 0.2) is 53.6 Å². The Balaban J connectivity index is 1.37. The number of aromatic hydroxyl groups is 2.